The van der Waals surface area contributed by atoms with Gasteiger partial charge >= 0.3 is 0 Å². The Balaban J connectivity index is 1.62. The lowest BCUT2D eigenvalue weighted by Gasteiger charge is -2.27. The number of aromatic nitrogens is 2. The molecule has 0 aliphatic carbocycles. The van der Waals surface area contributed by atoms with Gasteiger partial charge in [-0.1, -0.05) is 0 Å². The minimum absolute atomic E-state index is 0.0968. The summed E-state index contributed by atoms with van der Waals surface area (Å²) < 4.78 is 67.3. The number of anilines is 2. The van der Waals surface area contributed by atoms with Crippen LogP contribution in [0, 0.1) is 17.5 Å². The first-order valence-electron chi connectivity index (χ1n) is 8.40. The fraction of sp³-hybridized carbons (Fsp3) is 0.0556. The molecule has 0 fully saturated rings. The van der Waals surface area contributed by atoms with Crippen LogP contribution >= 0.6 is 0 Å². The summed E-state index contributed by atoms with van der Waals surface area (Å²) in [6.07, 6.45) is 2.01. The molecule has 1 aliphatic rings. The van der Waals surface area contributed by atoms with E-state index in [2.05, 4.69) is 25.3 Å². The fourth-order valence-electron chi connectivity index (χ4n) is 2.82. The van der Waals surface area contributed by atoms with Gasteiger partial charge in [-0.2, -0.15) is 4.72 Å². The first-order chi connectivity index (χ1) is 14.2. The number of hydrogen-bond donors (Lipinski definition) is 3. The van der Waals surface area contributed by atoms with Gasteiger partial charge in [-0.3, -0.25) is 4.79 Å². The molecule has 3 aromatic rings. The predicted octanol–water partition coefficient (Wildman–Crippen LogP) is 2.55. The van der Waals surface area contributed by atoms with E-state index >= 15 is 0 Å². The van der Waals surface area contributed by atoms with E-state index < -0.39 is 39.5 Å². The SMILES string of the molecule is O=C(Nc1cc(F)c(F)c(F)c1)c1ccc2c(c1)S(=O)(=O)NC(c1ncccn1)N2. The highest BCUT2D eigenvalue weighted by Gasteiger charge is 2.32. The summed E-state index contributed by atoms with van der Waals surface area (Å²) in [5.74, 6) is -5.25. The van der Waals surface area contributed by atoms with E-state index in [0.29, 0.717) is 12.1 Å². The van der Waals surface area contributed by atoms with Crippen molar-refractivity contribution in [3.05, 3.63) is 77.6 Å². The second-order valence-electron chi connectivity index (χ2n) is 6.22. The van der Waals surface area contributed by atoms with Crippen LogP contribution in [-0.4, -0.2) is 24.3 Å². The van der Waals surface area contributed by atoms with Gasteiger partial charge in [0.1, 0.15) is 4.90 Å². The third-order valence-electron chi connectivity index (χ3n) is 4.19. The number of nitrogens with one attached hydrogen (secondary N) is 3. The molecule has 0 saturated carbocycles. The van der Waals surface area contributed by atoms with Gasteiger partial charge in [0.25, 0.3) is 5.91 Å². The number of rotatable bonds is 3. The lowest BCUT2D eigenvalue weighted by molar-refractivity contribution is 0.102. The number of amides is 1. The molecule has 0 saturated heterocycles. The van der Waals surface area contributed by atoms with Crippen molar-refractivity contribution in [3.8, 4) is 0 Å². The molecule has 2 heterocycles. The molecule has 4 rings (SSSR count). The van der Waals surface area contributed by atoms with Crippen LogP contribution in [0.1, 0.15) is 22.3 Å². The van der Waals surface area contributed by atoms with Gasteiger partial charge in [0.15, 0.2) is 29.4 Å². The molecule has 1 unspecified atom stereocenters. The van der Waals surface area contributed by atoms with E-state index in [1.807, 2.05) is 0 Å². The Kier molecular flexibility index (Phi) is 4.87. The maximum Gasteiger partial charge on any atom is 0.255 e. The van der Waals surface area contributed by atoms with E-state index in [9.17, 15) is 26.4 Å². The van der Waals surface area contributed by atoms with Crippen molar-refractivity contribution in [3.63, 3.8) is 0 Å². The predicted molar refractivity (Wildman–Crippen MR) is 99.4 cm³/mol. The van der Waals surface area contributed by atoms with E-state index in [1.54, 1.807) is 6.07 Å². The van der Waals surface area contributed by atoms with Crippen LogP contribution in [0.4, 0.5) is 24.5 Å². The van der Waals surface area contributed by atoms with Crippen LogP contribution in [0.25, 0.3) is 0 Å². The Morgan fingerprint density at radius 3 is 2.37 bits per heavy atom. The van der Waals surface area contributed by atoms with Gasteiger partial charge < -0.3 is 10.6 Å². The summed E-state index contributed by atoms with van der Waals surface area (Å²) >= 11 is 0. The molecule has 30 heavy (non-hydrogen) atoms. The average Bonchev–Trinajstić information content (AvgIpc) is 2.72. The molecule has 1 amide bonds. The Morgan fingerprint density at radius 1 is 1.03 bits per heavy atom. The van der Waals surface area contributed by atoms with Crippen LogP contribution in [0.3, 0.4) is 0 Å². The second kappa shape index (κ2) is 7.39. The van der Waals surface area contributed by atoms with Gasteiger partial charge in [0.05, 0.1) is 5.69 Å². The lowest BCUT2D eigenvalue weighted by Crippen LogP contribution is -2.39. The Labute approximate surface area is 168 Å². The molecule has 1 aliphatic heterocycles. The van der Waals surface area contributed by atoms with Crippen molar-refractivity contribution < 1.29 is 26.4 Å². The van der Waals surface area contributed by atoms with Crippen LogP contribution in [0.15, 0.2) is 53.7 Å². The summed E-state index contributed by atoms with van der Waals surface area (Å²) in [5, 5.41) is 5.11. The number of nitrogens with zero attached hydrogens (tertiary/aromatic N) is 2. The number of carbonyl (C=O) groups is 1. The summed E-state index contributed by atoms with van der Waals surface area (Å²) in [5.41, 5.74) is -0.211. The van der Waals surface area contributed by atoms with Gasteiger partial charge in [0, 0.05) is 35.8 Å². The standard InChI is InChI=1S/C18H12F3N5O3S/c19-11-7-10(8-12(20)15(11)21)24-18(27)9-2-3-13-14(6-9)30(28,29)26-17(25-13)16-22-4-1-5-23-16/h1-8,17,25-26H,(H,24,27). The summed E-state index contributed by atoms with van der Waals surface area (Å²) in [4.78, 5) is 20.2. The van der Waals surface area contributed by atoms with Crippen molar-refractivity contribution in [1.29, 1.82) is 0 Å². The molecule has 0 radical (unpaired) electrons. The number of carbonyl (C=O) groups excluding carboxylic acids is 1. The van der Waals surface area contributed by atoms with E-state index in [-0.39, 0.29) is 27.7 Å². The molecule has 3 N–H and O–H groups in total. The van der Waals surface area contributed by atoms with Crippen molar-refractivity contribution in [2.45, 2.75) is 11.1 Å². The molecule has 0 bridgehead atoms. The monoisotopic (exact) mass is 435 g/mol. The summed E-state index contributed by atoms with van der Waals surface area (Å²) in [6, 6.07) is 6.58. The van der Waals surface area contributed by atoms with Crippen LogP contribution < -0.4 is 15.4 Å². The van der Waals surface area contributed by atoms with Crippen LogP contribution in [0.5, 0.6) is 0 Å². The van der Waals surface area contributed by atoms with Crippen molar-refractivity contribution >= 4 is 27.3 Å². The zero-order valence-corrected chi connectivity index (χ0v) is 15.7. The summed E-state index contributed by atoms with van der Waals surface area (Å²) in [7, 11) is -4.03. The largest absolute Gasteiger partial charge is 0.362 e. The van der Waals surface area contributed by atoms with E-state index in [0.717, 1.165) is 6.07 Å². The number of fused-ring (bicyclic) bond motifs is 1. The molecule has 1 atom stereocenters. The van der Waals surface area contributed by atoms with Crippen molar-refractivity contribution in [1.82, 2.24) is 14.7 Å². The normalized spacial score (nSPS) is 17.0. The van der Waals surface area contributed by atoms with Gasteiger partial charge in [-0.05, 0) is 24.3 Å². The zero-order valence-electron chi connectivity index (χ0n) is 14.9. The van der Waals surface area contributed by atoms with Crippen LogP contribution in [0.2, 0.25) is 0 Å². The molecule has 0 spiro atoms. The topological polar surface area (TPSA) is 113 Å². The second-order valence-corrected chi connectivity index (χ2v) is 7.91. The minimum Gasteiger partial charge on any atom is -0.362 e. The first kappa shape index (κ1) is 19.8. The number of sulfonamides is 1. The van der Waals surface area contributed by atoms with Gasteiger partial charge in [-0.25, -0.2) is 31.6 Å². The maximum absolute atomic E-state index is 13.3. The average molecular weight is 435 g/mol. The third kappa shape index (κ3) is 3.69. The first-order valence-corrected chi connectivity index (χ1v) is 9.88. The quantitative estimate of drug-likeness (QED) is 0.545. The maximum atomic E-state index is 13.3. The fourth-order valence-corrected chi connectivity index (χ4v) is 4.12. The molecule has 1 aromatic heterocycles. The smallest absolute Gasteiger partial charge is 0.255 e. The van der Waals surface area contributed by atoms with Crippen molar-refractivity contribution in [2.24, 2.45) is 0 Å². The lowest BCUT2D eigenvalue weighted by atomic mass is 10.1. The van der Waals surface area contributed by atoms with Crippen molar-refractivity contribution in [2.75, 3.05) is 10.6 Å². The summed E-state index contributed by atoms with van der Waals surface area (Å²) in [6.45, 7) is 0. The number of halogens is 3. The number of hydrogen-bond acceptors (Lipinski definition) is 6. The molecule has 12 heteroatoms. The highest BCUT2D eigenvalue weighted by Crippen LogP contribution is 2.31. The van der Waals surface area contributed by atoms with Crippen LogP contribution in [-0.2, 0) is 10.0 Å². The highest BCUT2D eigenvalue weighted by molar-refractivity contribution is 7.89. The Bertz CT molecular complexity index is 1230. The third-order valence-corrected chi connectivity index (χ3v) is 5.65. The Morgan fingerprint density at radius 2 is 1.70 bits per heavy atom. The van der Waals surface area contributed by atoms with Gasteiger partial charge in [-0.15, -0.1) is 0 Å². The Hall–Kier alpha value is -3.51. The minimum atomic E-state index is -4.03. The van der Waals surface area contributed by atoms with E-state index in [4.69, 9.17) is 0 Å². The molecule has 8 nitrogen and oxygen atoms in total. The molecular formula is C18H12F3N5O3S. The zero-order chi connectivity index (χ0) is 21.5. The molecular weight excluding hydrogens is 423 g/mol. The molecule has 154 valence electrons. The molecule has 2 aromatic carbocycles. The van der Waals surface area contributed by atoms with E-state index in [1.165, 1.54) is 24.5 Å². The highest BCUT2D eigenvalue weighted by atomic mass is 32.2. The number of benzene rings is 2. The van der Waals surface area contributed by atoms with Gasteiger partial charge in [0.2, 0.25) is 10.0 Å².